The number of rotatable bonds is 13. The minimum absolute atomic E-state index is 0.0868. The summed E-state index contributed by atoms with van der Waals surface area (Å²) in [6, 6.07) is 7.36. The van der Waals surface area contributed by atoms with Gasteiger partial charge in [0.2, 0.25) is 12.5 Å². The number of hydrogen-bond acceptors (Lipinski definition) is 7. The van der Waals surface area contributed by atoms with Gasteiger partial charge in [-0.3, -0.25) is 19.3 Å². The highest BCUT2D eigenvalue weighted by atomic mass is 16.7. The van der Waals surface area contributed by atoms with Crippen LogP contribution in [0.25, 0.3) is 0 Å². The molecular formula is C28H39N3O7. The van der Waals surface area contributed by atoms with Crippen molar-refractivity contribution in [1.29, 1.82) is 0 Å². The standard InChI is InChI=1S/C28H39N3O7/c1-5-11-31(38-13-6-2)25(32)17-30-16-21(19-14-23(35-4)27-24(15-19)36-18-37-27)26(28(33)34)22(30)10-9-20-8-7-12-29(20)3/h7-8,12,14-15,21-22,26H,5-6,9-11,13,16-18H2,1-4H3,(H,33,34)/t21-,22+,26?/m1/s1. The Kier molecular flexibility index (Phi) is 9.17. The molecule has 0 saturated carbocycles. The van der Waals surface area contributed by atoms with Gasteiger partial charge in [-0.1, -0.05) is 13.8 Å². The molecule has 2 aliphatic rings. The minimum atomic E-state index is -0.883. The number of likely N-dealkylation sites (tertiary alicyclic amines) is 1. The molecule has 10 heteroatoms. The van der Waals surface area contributed by atoms with Gasteiger partial charge in [-0.2, -0.15) is 0 Å². The second-order valence-corrected chi connectivity index (χ2v) is 9.90. The lowest BCUT2D eigenvalue weighted by molar-refractivity contribution is -0.188. The van der Waals surface area contributed by atoms with Crippen LogP contribution >= 0.6 is 0 Å². The average Bonchev–Trinajstić information content (AvgIpc) is 3.63. The predicted molar refractivity (Wildman–Crippen MR) is 140 cm³/mol. The molecule has 10 nitrogen and oxygen atoms in total. The summed E-state index contributed by atoms with van der Waals surface area (Å²) in [6.45, 7) is 5.54. The van der Waals surface area contributed by atoms with Crippen LogP contribution < -0.4 is 14.2 Å². The summed E-state index contributed by atoms with van der Waals surface area (Å²) in [7, 11) is 3.53. The van der Waals surface area contributed by atoms with Crippen LogP contribution in [0.5, 0.6) is 17.2 Å². The third kappa shape index (κ3) is 5.91. The van der Waals surface area contributed by atoms with E-state index in [9.17, 15) is 14.7 Å². The van der Waals surface area contributed by atoms with Crippen molar-refractivity contribution >= 4 is 11.9 Å². The number of nitrogens with zero attached hydrogens (tertiary/aromatic N) is 3. The maximum Gasteiger partial charge on any atom is 0.308 e. The van der Waals surface area contributed by atoms with Crippen LogP contribution in [-0.2, 0) is 27.9 Å². The molecule has 208 valence electrons. The van der Waals surface area contributed by atoms with Crippen molar-refractivity contribution in [2.75, 3.05) is 40.1 Å². The van der Waals surface area contributed by atoms with Crippen LogP contribution in [0, 0.1) is 5.92 Å². The van der Waals surface area contributed by atoms with Gasteiger partial charge in [-0.15, -0.1) is 0 Å². The number of fused-ring (bicyclic) bond motifs is 1. The first-order valence-electron chi connectivity index (χ1n) is 13.4. The zero-order valence-corrected chi connectivity index (χ0v) is 22.7. The van der Waals surface area contributed by atoms with Gasteiger partial charge in [0, 0.05) is 44.0 Å². The number of aryl methyl sites for hydroxylation is 2. The van der Waals surface area contributed by atoms with Crippen LogP contribution in [0.4, 0.5) is 0 Å². The Bertz CT molecular complexity index is 1120. The number of aromatic nitrogens is 1. The Hall–Kier alpha value is -3.24. The average molecular weight is 530 g/mol. The van der Waals surface area contributed by atoms with Gasteiger partial charge in [0.25, 0.3) is 5.91 Å². The fourth-order valence-electron chi connectivity index (χ4n) is 5.52. The van der Waals surface area contributed by atoms with Gasteiger partial charge < -0.3 is 23.9 Å². The number of benzene rings is 1. The van der Waals surface area contributed by atoms with Gasteiger partial charge in [0.15, 0.2) is 11.5 Å². The smallest absolute Gasteiger partial charge is 0.308 e. The molecule has 38 heavy (non-hydrogen) atoms. The van der Waals surface area contributed by atoms with E-state index in [2.05, 4.69) is 0 Å². The molecule has 1 N–H and O–H groups in total. The zero-order valence-electron chi connectivity index (χ0n) is 22.7. The first kappa shape index (κ1) is 27.8. The molecule has 1 amide bonds. The van der Waals surface area contributed by atoms with Crippen molar-refractivity contribution in [2.24, 2.45) is 13.0 Å². The number of methoxy groups -OCH3 is 1. The summed E-state index contributed by atoms with van der Waals surface area (Å²) in [5.74, 6) is -0.542. The number of carboxylic acid groups (broad SMARTS) is 1. The quantitative estimate of drug-likeness (QED) is 0.394. The second-order valence-electron chi connectivity index (χ2n) is 9.90. The van der Waals surface area contributed by atoms with Crippen molar-refractivity contribution in [1.82, 2.24) is 14.5 Å². The highest BCUT2D eigenvalue weighted by molar-refractivity contribution is 5.78. The van der Waals surface area contributed by atoms with Gasteiger partial charge in [-0.05, 0) is 55.5 Å². The van der Waals surface area contributed by atoms with Crippen LogP contribution in [0.1, 0.15) is 50.3 Å². The maximum atomic E-state index is 13.4. The third-order valence-corrected chi connectivity index (χ3v) is 7.38. The van der Waals surface area contributed by atoms with Gasteiger partial charge in [0.05, 0.1) is 26.2 Å². The Balaban J connectivity index is 1.65. The van der Waals surface area contributed by atoms with Gasteiger partial charge in [0.1, 0.15) is 0 Å². The first-order chi connectivity index (χ1) is 18.4. The lowest BCUT2D eigenvalue weighted by Crippen LogP contribution is -2.44. The number of hydrogen-bond donors (Lipinski definition) is 1. The molecule has 1 fully saturated rings. The number of amides is 1. The normalized spacial score (nSPS) is 20.6. The lowest BCUT2D eigenvalue weighted by atomic mass is 9.83. The van der Waals surface area contributed by atoms with Crippen LogP contribution in [0.3, 0.4) is 0 Å². The highest BCUT2D eigenvalue weighted by Crippen LogP contribution is 2.47. The summed E-state index contributed by atoms with van der Waals surface area (Å²) in [4.78, 5) is 33.9. The van der Waals surface area contributed by atoms with E-state index in [0.717, 1.165) is 24.1 Å². The minimum Gasteiger partial charge on any atom is -0.493 e. The molecule has 2 aromatic rings. The molecule has 0 spiro atoms. The van der Waals surface area contributed by atoms with Crippen molar-refractivity contribution in [3.8, 4) is 17.2 Å². The molecule has 0 aliphatic carbocycles. The Morgan fingerprint density at radius 1 is 1.21 bits per heavy atom. The van der Waals surface area contributed by atoms with Gasteiger partial charge in [-0.25, -0.2) is 5.06 Å². The van der Waals surface area contributed by atoms with Crippen molar-refractivity contribution in [2.45, 2.75) is 51.5 Å². The number of carbonyl (C=O) groups is 2. The van der Waals surface area contributed by atoms with Crippen molar-refractivity contribution < 1.29 is 33.7 Å². The molecule has 0 radical (unpaired) electrons. The fourth-order valence-corrected chi connectivity index (χ4v) is 5.52. The first-order valence-corrected chi connectivity index (χ1v) is 13.4. The van der Waals surface area contributed by atoms with Crippen molar-refractivity contribution in [3.05, 3.63) is 41.7 Å². The summed E-state index contributed by atoms with van der Waals surface area (Å²) < 4.78 is 18.7. The molecular weight excluding hydrogens is 490 g/mol. The molecule has 1 aromatic heterocycles. The highest BCUT2D eigenvalue weighted by Gasteiger charge is 2.47. The molecule has 4 rings (SSSR count). The van der Waals surface area contributed by atoms with Crippen LogP contribution in [-0.4, -0.2) is 77.7 Å². The summed E-state index contributed by atoms with van der Waals surface area (Å²) in [5, 5.41) is 11.9. The molecule has 1 saturated heterocycles. The van der Waals surface area contributed by atoms with Crippen LogP contribution in [0.2, 0.25) is 0 Å². The zero-order chi connectivity index (χ0) is 27.2. The molecule has 2 aliphatic heterocycles. The van der Waals surface area contributed by atoms with E-state index in [1.807, 2.05) is 60.8 Å². The molecule has 0 bridgehead atoms. The maximum absolute atomic E-state index is 13.4. The molecule has 1 unspecified atom stereocenters. The summed E-state index contributed by atoms with van der Waals surface area (Å²) in [6.07, 6.45) is 4.85. The molecule has 1 aromatic carbocycles. The summed E-state index contributed by atoms with van der Waals surface area (Å²) in [5.41, 5.74) is 1.91. The van der Waals surface area contributed by atoms with Gasteiger partial charge >= 0.3 is 5.97 Å². The number of carboxylic acids is 1. The van der Waals surface area contributed by atoms with Crippen molar-refractivity contribution in [3.63, 3.8) is 0 Å². The van der Waals surface area contributed by atoms with E-state index in [1.165, 1.54) is 5.06 Å². The second kappa shape index (κ2) is 12.5. The monoisotopic (exact) mass is 529 g/mol. The SMILES string of the molecule is CCCON(CCC)C(=O)CN1C[C@H](c2cc(OC)c3c(c2)OCO3)C(C(=O)O)[C@@H]1CCc1cccn1C. The number of aliphatic carboxylic acids is 1. The number of ether oxygens (including phenoxy) is 3. The number of carbonyl (C=O) groups excluding carboxylic acids is 1. The Morgan fingerprint density at radius 3 is 2.68 bits per heavy atom. The fraction of sp³-hybridized carbons (Fsp3) is 0.571. The third-order valence-electron chi connectivity index (χ3n) is 7.38. The van der Waals surface area contributed by atoms with Crippen LogP contribution in [0.15, 0.2) is 30.5 Å². The van der Waals surface area contributed by atoms with E-state index < -0.39 is 11.9 Å². The molecule has 3 atom stereocenters. The molecule has 3 heterocycles. The van der Waals surface area contributed by atoms with E-state index in [0.29, 0.717) is 49.8 Å². The van der Waals surface area contributed by atoms with E-state index in [1.54, 1.807) is 7.11 Å². The Morgan fingerprint density at radius 2 is 2.03 bits per heavy atom. The summed E-state index contributed by atoms with van der Waals surface area (Å²) >= 11 is 0. The van der Waals surface area contributed by atoms with E-state index in [-0.39, 0.29) is 31.2 Å². The largest absolute Gasteiger partial charge is 0.493 e. The van der Waals surface area contributed by atoms with E-state index in [4.69, 9.17) is 19.0 Å². The Labute approximate surface area is 224 Å². The topological polar surface area (TPSA) is 103 Å². The van der Waals surface area contributed by atoms with E-state index >= 15 is 0 Å². The predicted octanol–water partition coefficient (Wildman–Crippen LogP) is 3.44. The lowest BCUT2D eigenvalue weighted by Gasteiger charge is -2.29. The number of hydroxylamine groups is 2.